The van der Waals surface area contributed by atoms with Crippen molar-refractivity contribution in [1.29, 1.82) is 10.5 Å². The van der Waals surface area contributed by atoms with Crippen molar-refractivity contribution in [3.05, 3.63) is 29.8 Å². The van der Waals surface area contributed by atoms with Crippen molar-refractivity contribution in [2.75, 3.05) is 18.4 Å². The fourth-order valence-corrected chi connectivity index (χ4v) is 2.63. The zero-order chi connectivity index (χ0) is 16.9. The number of likely N-dealkylation sites (tertiary alicyclic amines) is 1. The van der Waals surface area contributed by atoms with E-state index >= 15 is 0 Å². The third kappa shape index (κ3) is 3.50. The molecule has 0 radical (unpaired) electrons. The van der Waals surface area contributed by atoms with Crippen LogP contribution < -0.4 is 5.32 Å². The second kappa shape index (κ2) is 6.80. The molecule has 24 heavy (non-hydrogen) atoms. The molecule has 1 N–H and O–H groups in total. The number of carbonyl (C=O) groups excluding carboxylic acids is 1. The van der Waals surface area contributed by atoms with Crippen molar-refractivity contribution in [2.24, 2.45) is 5.92 Å². The first-order valence-corrected chi connectivity index (χ1v) is 7.46. The van der Waals surface area contributed by atoms with Gasteiger partial charge in [0, 0.05) is 25.1 Å². The van der Waals surface area contributed by atoms with E-state index in [4.69, 9.17) is 14.9 Å². The second-order valence-electron chi connectivity index (χ2n) is 5.56. The number of anilines is 1. The van der Waals surface area contributed by atoms with Crippen LogP contribution in [0.1, 0.15) is 18.4 Å². The van der Waals surface area contributed by atoms with Crippen molar-refractivity contribution in [2.45, 2.75) is 12.8 Å². The van der Waals surface area contributed by atoms with E-state index in [1.165, 1.54) is 0 Å². The Morgan fingerprint density at radius 3 is 3.04 bits per heavy atom. The molecule has 8 nitrogen and oxygen atoms in total. The van der Waals surface area contributed by atoms with Crippen LogP contribution in [0.15, 0.2) is 28.7 Å². The maximum absolute atomic E-state index is 12.0. The van der Waals surface area contributed by atoms with Crippen LogP contribution in [0.25, 0.3) is 11.5 Å². The van der Waals surface area contributed by atoms with Gasteiger partial charge in [0.1, 0.15) is 0 Å². The van der Waals surface area contributed by atoms with Crippen molar-refractivity contribution >= 4 is 11.9 Å². The largest absolute Gasteiger partial charge is 0.403 e. The highest BCUT2D eigenvalue weighted by Crippen LogP contribution is 2.22. The van der Waals surface area contributed by atoms with Crippen LogP contribution in [0.2, 0.25) is 0 Å². The SMILES string of the molecule is N#Cc1cccc(-c2nnc(NC(=O)CC3CCN(C#N)C3)o2)c1. The molecule has 0 bridgehead atoms. The fraction of sp³-hybridized carbons (Fsp3) is 0.312. The summed E-state index contributed by atoms with van der Waals surface area (Å²) in [5.74, 6) is 0.166. The van der Waals surface area contributed by atoms with E-state index in [1.807, 2.05) is 6.07 Å². The highest BCUT2D eigenvalue weighted by atomic mass is 16.4. The molecule has 1 aliphatic heterocycles. The van der Waals surface area contributed by atoms with Crippen LogP contribution in [0, 0.1) is 28.7 Å². The average Bonchev–Trinajstić information content (AvgIpc) is 3.24. The van der Waals surface area contributed by atoms with E-state index in [9.17, 15) is 4.79 Å². The summed E-state index contributed by atoms with van der Waals surface area (Å²) in [6.07, 6.45) is 3.21. The first-order valence-electron chi connectivity index (χ1n) is 7.46. The highest BCUT2D eigenvalue weighted by molar-refractivity contribution is 5.88. The van der Waals surface area contributed by atoms with Crippen LogP contribution in [-0.4, -0.2) is 34.1 Å². The first kappa shape index (κ1) is 15.5. The molecular formula is C16H14N6O2. The molecule has 2 aromatic rings. The molecule has 1 aromatic heterocycles. The summed E-state index contributed by atoms with van der Waals surface area (Å²) >= 11 is 0. The van der Waals surface area contributed by atoms with E-state index in [2.05, 4.69) is 21.7 Å². The van der Waals surface area contributed by atoms with Gasteiger partial charge in [-0.2, -0.15) is 10.5 Å². The maximum atomic E-state index is 12.0. The molecule has 0 spiro atoms. The molecule has 2 heterocycles. The van der Waals surface area contributed by atoms with Gasteiger partial charge in [0.15, 0.2) is 6.19 Å². The summed E-state index contributed by atoms with van der Waals surface area (Å²) < 4.78 is 5.42. The summed E-state index contributed by atoms with van der Waals surface area (Å²) in [5, 5.41) is 28.0. The van der Waals surface area contributed by atoms with Crippen LogP contribution in [-0.2, 0) is 4.79 Å². The Morgan fingerprint density at radius 1 is 1.42 bits per heavy atom. The average molecular weight is 322 g/mol. The number of amides is 1. The number of aromatic nitrogens is 2. The lowest BCUT2D eigenvalue weighted by Gasteiger charge is -2.08. The Balaban J connectivity index is 1.61. The molecular weight excluding hydrogens is 308 g/mol. The van der Waals surface area contributed by atoms with Gasteiger partial charge in [0.2, 0.25) is 11.8 Å². The molecule has 120 valence electrons. The minimum absolute atomic E-state index is 0.0208. The Hall–Kier alpha value is -3.39. The van der Waals surface area contributed by atoms with E-state index in [0.29, 0.717) is 30.6 Å². The number of nitrogens with zero attached hydrogens (tertiary/aromatic N) is 5. The number of nitriles is 2. The maximum Gasteiger partial charge on any atom is 0.322 e. The molecule has 1 atom stereocenters. The van der Waals surface area contributed by atoms with E-state index in [0.717, 1.165) is 6.42 Å². The van der Waals surface area contributed by atoms with Gasteiger partial charge in [0.05, 0.1) is 11.6 Å². The zero-order valence-electron chi connectivity index (χ0n) is 12.8. The predicted octanol–water partition coefficient (Wildman–Crippen LogP) is 1.74. The number of hydrogen-bond donors (Lipinski definition) is 1. The van der Waals surface area contributed by atoms with Gasteiger partial charge < -0.3 is 9.32 Å². The number of nitrogens with one attached hydrogen (secondary N) is 1. The van der Waals surface area contributed by atoms with E-state index < -0.39 is 0 Å². The first-order chi connectivity index (χ1) is 11.7. The summed E-state index contributed by atoms with van der Waals surface area (Å²) in [5.41, 5.74) is 1.10. The Bertz CT molecular complexity index is 832. The molecule has 0 saturated carbocycles. The molecule has 1 amide bonds. The summed E-state index contributed by atoms with van der Waals surface area (Å²) in [4.78, 5) is 13.7. The minimum Gasteiger partial charge on any atom is -0.403 e. The van der Waals surface area contributed by atoms with Gasteiger partial charge in [-0.15, -0.1) is 5.10 Å². The molecule has 1 aromatic carbocycles. The highest BCUT2D eigenvalue weighted by Gasteiger charge is 2.24. The Morgan fingerprint density at radius 2 is 2.29 bits per heavy atom. The predicted molar refractivity (Wildman–Crippen MR) is 83.0 cm³/mol. The lowest BCUT2D eigenvalue weighted by atomic mass is 10.1. The third-order valence-electron chi connectivity index (χ3n) is 3.81. The quantitative estimate of drug-likeness (QED) is 0.851. The lowest BCUT2D eigenvalue weighted by molar-refractivity contribution is -0.117. The van der Waals surface area contributed by atoms with Gasteiger partial charge in [-0.1, -0.05) is 11.2 Å². The number of carbonyl (C=O) groups is 1. The molecule has 1 saturated heterocycles. The molecule has 1 aliphatic rings. The van der Waals surface area contributed by atoms with Crippen molar-refractivity contribution in [3.63, 3.8) is 0 Å². The van der Waals surface area contributed by atoms with E-state index in [1.54, 1.807) is 29.2 Å². The van der Waals surface area contributed by atoms with Gasteiger partial charge in [-0.3, -0.25) is 10.1 Å². The Kier molecular flexibility index (Phi) is 4.39. The fourth-order valence-electron chi connectivity index (χ4n) is 2.63. The lowest BCUT2D eigenvalue weighted by Crippen LogP contribution is -2.19. The topological polar surface area (TPSA) is 119 Å². The second-order valence-corrected chi connectivity index (χ2v) is 5.56. The van der Waals surface area contributed by atoms with Crippen LogP contribution in [0.3, 0.4) is 0 Å². The molecule has 1 unspecified atom stereocenters. The summed E-state index contributed by atoms with van der Waals surface area (Å²) in [6, 6.07) is 8.83. The Labute approximate surface area is 138 Å². The molecule has 0 aliphatic carbocycles. The number of benzene rings is 1. The monoisotopic (exact) mass is 322 g/mol. The molecule has 1 fully saturated rings. The normalized spacial score (nSPS) is 16.4. The van der Waals surface area contributed by atoms with Crippen molar-refractivity contribution < 1.29 is 9.21 Å². The van der Waals surface area contributed by atoms with Crippen molar-refractivity contribution in [1.82, 2.24) is 15.1 Å². The van der Waals surface area contributed by atoms with Gasteiger partial charge >= 0.3 is 6.01 Å². The van der Waals surface area contributed by atoms with Crippen LogP contribution in [0.5, 0.6) is 0 Å². The zero-order valence-corrected chi connectivity index (χ0v) is 12.8. The molecule has 3 rings (SSSR count). The van der Waals surface area contributed by atoms with Crippen molar-refractivity contribution in [3.8, 4) is 23.7 Å². The summed E-state index contributed by atoms with van der Waals surface area (Å²) in [7, 11) is 0. The molecule has 8 heteroatoms. The number of rotatable bonds is 4. The number of hydrogen-bond acceptors (Lipinski definition) is 7. The van der Waals surface area contributed by atoms with Gasteiger partial charge in [-0.05, 0) is 30.5 Å². The van der Waals surface area contributed by atoms with Crippen LogP contribution in [0.4, 0.5) is 6.01 Å². The standard InChI is InChI=1S/C16H14N6O2/c17-8-11-2-1-3-13(6-11)15-20-21-16(24-15)19-14(23)7-12-4-5-22(9-12)10-18/h1-3,6,12H,4-5,7,9H2,(H,19,21,23). The summed E-state index contributed by atoms with van der Waals surface area (Å²) in [6.45, 7) is 1.29. The van der Waals surface area contributed by atoms with E-state index in [-0.39, 0.29) is 23.7 Å². The smallest absolute Gasteiger partial charge is 0.322 e. The minimum atomic E-state index is -0.222. The third-order valence-corrected chi connectivity index (χ3v) is 3.81. The van der Waals surface area contributed by atoms with Gasteiger partial charge in [0.25, 0.3) is 0 Å². The van der Waals surface area contributed by atoms with Gasteiger partial charge in [-0.25, -0.2) is 0 Å². The van der Waals surface area contributed by atoms with Crippen LogP contribution >= 0.6 is 0 Å².